The van der Waals surface area contributed by atoms with E-state index in [-0.39, 0.29) is 25.7 Å². The Morgan fingerprint density at radius 2 is 1.76 bits per heavy atom. The smallest absolute Gasteiger partial charge is 0.433 e. The Kier molecular flexibility index (Phi) is 8.01. The van der Waals surface area contributed by atoms with E-state index in [0.29, 0.717) is 11.3 Å². The van der Waals surface area contributed by atoms with Crippen molar-refractivity contribution in [3.63, 3.8) is 0 Å². The number of hydrogen-bond acceptors (Lipinski definition) is 6. The molecule has 11 heteroatoms. The summed E-state index contributed by atoms with van der Waals surface area (Å²) in [7, 11) is -4.20. The Hall–Kier alpha value is -3.30. The van der Waals surface area contributed by atoms with E-state index < -0.39 is 30.4 Å². The van der Waals surface area contributed by atoms with Crippen LogP contribution < -0.4 is 0 Å². The molecule has 34 heavy (non-hydrogen) atoms. The summed E-state index contributed by atoms with van der Waals surface area (Å²) in [5.74, 6) is -1.09. The van der Waals surface area contributed by atoms with Crippen LogP contribution in [0, 0.1) is 17.0 Å². The van der Waals surface area contributed by atoms with Crippen LogP contribution in [-0.4, -0.2) is 30.7 Å². The minimum Gasteiger partial charge on any atom is -0.481 e. The van der Waals surface area contributed by atoms with Crippen molar-refractivity contribution < 1.29 is 33.6 Å². The molecule has 10 nitrogen and oxygen atoms in total. The summed E-state index contributed by atoms with van der Waals surface area (Å²) >= 11 is 0. The summed E-state index contributed by atoms with van der Waals surface area (Å²) < 4.78 is 16.6. The second-order valence-electron chi connectivity index (χ2n) is 8.07. The highest BCUT2D eigenvalue weighted by molar-refractivity contribution is 7.50. The van der Waals surface area contributed by atoms with E-state index in [4.69, 9.17) is 4.42 Å². The molecule has 0 aliphatic carbocycles. The van der Waals surface area contributed by atoms with Crippen LogP contribution in [0.4, 0.5) is 5.88 Å². The van der Waals surface area contributed by atoms with Crippen molar-refractivity contribution in [2.24, 2.45) is 0 Å². The van der Waals surface area contributed by atoms with Crippen LogP contribution in [0.5, 0.6) is 0 Å². The second kappa shape index (κ2) is 10.8. The molecule has 0 saturated heterocycles. The van der Waals surface area contributed by atoms with E-state index >= 15 is 0 Å². The summed E-state index contributed by atoms with van der Waals surface area (Å²) in [4.78, 5) is 42.3. The van der Waals surface area contributed by atoms with Gasteiger partial charge in [0.1, 0.15) is 10.7 Å². The molecule has 2 aromatic carbocycles. The molecule has 1 heterocycles. The summed E-state index contributed by atoms with van der Waals surface area (Å²) in [5, 5.41) is 20.6. The van der Waals surface area contributed by atoms with Crippen molar-refractivity contribution in [1.29, 1.82) is 0 Å². The van der Waals surface area contributed by atoms with Crippen molar-refractivity contribution in [2.75, 3.05) is 0 Å². The van der Waals surface area contributed by atoms with Crippen molar-refractivity contribution in [3.05, 3.63) is 98.8 Å². The minimum atomic E-state index is -4.20. The van der Waals surface area contributed by atoms with Crippen LogP contribution in [0.1, 0.15) is 40.5 Å². The van der Waals surface area contributed by atoms with E-state index in [9.17, 15) is 34.4 Å². The van der Waals surface area contributed by atoms with Crippen LogP contribution in [-0.2, 0) is 28.6 Å². The largest absolute Gasteiger partial charge is 0.481 e. The molecule has 0 bridgehead atoms. The molecule has 1 unspecified atom stereocenters. The zero-order valence-electron chi connectivity index (χ0n) is 18.4. The number of nitro groups is 1. The summed E-state index contributed by atoms with van der Waals surface area (Å²) in [6.07, 6.45) is -0.583. The lowest BCUT2D eigenvalue weighted by molar-refractivity contribution is -0.402. The maximum atomic E-state index is 11.7. The molecule has 1 aromatic heterocycles. The van der Waals surface area contributed by atoms with Crippen molar-refractivity contribution in [1.82, 2.24) is 4.90 Å². The number of carbonyl (C=O) groups is 1. The third kappa shape index (κ3) is 7.36. The fourth-order valence-electron chi connectivity index (χ4n) is 3.75. The van der Waals surface area contributed by atoms with Crippen LogP contribution in [0.15, 0.2) is 65.1 Å². The molecule has 0 fully saturated rings. The highest BCUT2D eigenvalue weighted by atomic mass is 31.2. The molecule has 0 radical (unpaired) electrons. The lowest BCUT2D eigenvalue weighted by Gasteiger charge is -2.31. The van der Waals surface area contributed by atoms with Gasteiger partial charge in [0.25, 0.3) is 0 Å². The third-order valence-corrected chi connectivity index (χ3v) is 6.00. The number of nitrogens with zero attached hydrogens (tertiary/aromatic N) is 2. The van der Waals surface area contributed by atoms with Gasteiger partial charge in [0, 0.05) is 12.6 Å². The quantitative estimate of drug-likeness (QED) is 0.202. The zero-order chi connectivity index (χ0) is 24.9. The van der Waals surface area contributed by atoms with Gasteiger partial charge in [0.15, 0.2) is 0 Å². The number of carboxylic acids is 1. The highest BCUT2D eigenvalue weighted by Crippen LogP contribution is 2.39. The Labute approximate surface area is 195 Å². The lowest BCUT2D eigenvalue weighted by Crippen LogP contribution is -2.30. The van der Waals surface area contributed by atoms with Gasteiger partial charge in [-0.1, -0.05) is 54.1 Å². The van der Waals surface area contributed by atoms with Gasteiger partial charge in [-0.15, -0.1) is 0 Å². The maximum absolute atomic E-state index is 11.7. The summed E-state index contributed by atoms with van der Waals surface area (Å²) in [6, 6.07) is 16.3. The first kappa shape index (κ1) is 25.3. The Bertz CT molecular complexity index is 1200. The normalized spacial score (nSPS) is 12.6. The topological polar surface area (TPSA) is 154 Å². The first-order chi connectivity index (χ1) is 16.0. The SMILES string of the molecule is Cc1cccc(C(CC(=O)O)N(Cc2ccc(CP(=O)(O)O)cc2)Cc2ccc([N+](=O)[O-])o2)c1. The fourth-order valence-corrected chi connectivity index (χ4v) is 4.44. The van der Waals surface area contributed by atoms with E-state index in [0.717, 1.165) is 16.7 Å². The molecule has 0 aliphatic rings. The predicted molar refractivity (Wildman–Crippen MR) is 123 cm³/mol. The average molecular weight is 488 g/mol. The Morgan fingerprint density at radius 3 is 2.32 bits per heavy atom. The Morgan fingerprint density at radius 1 is 1.09 bits per heavy atom. The number of furan rings is 1. The van der Waals surface area contributed by atoms with Gasteiger partial charge in [-0.25, -0.2) is 0 Å². The number of carboxylic acid groups (broad SMARTS) is 1. The van der Waals surface area contributed by atoms with E-state index in [1.807, 2.05) is 36.1 Å². The molecule has 180 valence electrons. The molecule has 3 aromatic rings. The van der Waals surface area contributed by atoms with Gasteiger partial charge in [-0.05, 0) is 29.7 Å². The van der Waals surface area contributed by atoms with Crippen LogP contribution in [0.3, 0.4) is 0 Å². The first-order valence-electron chi connectivity index (χ1n) is 10.4. The highest BCUT2D eigenvalue weighted by Gasteiger charge is 2.26. The van der Waals surface area contributed by atoms with E-state index in [1.165, 1.54) is 12.1 Å². The molecular formula is C23H25N2O8P. The van der Waals surface area contributed by atoms with Gasteiger partial charge >= 0.3 is 19.4 Å². The molecule has 0 aliphatic heterocycles. The maximum Gasteiger partial charge on any atom is 0.433 e. The zero-order valence-corrected chi connectivity index (χ0v) is 19.3. The van der Waals surface area contributed by atoms with Gasteiger partial charge in [-0.2, -0.15) is 0 Å². The molecule has 0 spiro atoms. The molecule has 3 rings (SSSR count). The molecule has 3 N–H and O–H groups in total. The Balaban J connectivity index is 1.95. The number of aliphatic carboxylic acids is 1. The second-order valence-corrected chi connectivity index (χ2v) is 9.71. The molecule has 0 amide bonds. The van der Waals surface area contributed by atoms with Crippen LogP contribution in [0.2, 0.25) is 0 Å². The first-order valence-corrected chi connectivity index (χ1v) is 12.2. The van der Waals surface area contributed by atoms with Crippen LogP contribution in [0.25, 0.3) is 0 Å². The number of rotatable bonds is 11. The lowest BCUT2D eigenvalue weighted by atomic mass is 9.99. The fraction of sp³-hybridized carbons (Fsp3) is 0.261. The summed E-state index contributed by atoms with van der Waals surface area (Å²) in [6.45, 7) is 2.29. The number of hydrogen-bond donors (Lipinski definition) is 3. The van der Waals surface area contributed by atoms with Gasteiger partial charge < -0.3 is 19.3 Å². The summed E-state index contributed by atoms with van der Waals surface area (Å²) in [5.41, 5.74) is 2.99. The third-order valence-electron chi connectivity index (χ3n) is 5.22. The van der Waals surface area contributed by atoms with Crippen molar-refractivity contribution in [3.8, 4) is 0 Å². The van der Waals surface area contributed by atoms with Gasteiger partial charge in [-0.3, -0.25) is 24.4 Å². The van der Waals surface area contributed by atoms with Crippen molar-refractivity contribution in [2.45, 2.75) is 38.6 Å². The molecular weight excluding hydrogens is 463 g/mol. The van der Waals surface area contributed by atoms with Gasteiger partial charge in [0.2, 0.25) is 0 Å². The molecule has 0 saturated carbocycles. The predicted octanol–water partition coefficient (Wildman–Crippen LogP) is 4.39. The van der Waals surface area contributed by atoms with E-state index in [1.54, 1.807) is 24.3 Å². The number of benzene rings is 2. The van der Waals surface area contributed by atoms with Crippen molar-refractivity contribution >= 4 is 19.4 Å². The van der Waals surface area contributed by atoms with E-state index in [2.05, 4.69) is 0 Å². The van der Waals surface area contributed by atoms with Crippen LogP contribution >= 0.6 is 7.60 Å². The molecule has 1 atom stereocenters. The minimum absolute atomic E-state index is 0.115. The van der Waals surface area contributed by atoms with Gasteiger partial charge in [0.05, 0.1) is 25.2 Å². The number of aryl methyl sites for hydroxylation is 1. The average Bonchev–Trinajstić information content (AvgIpc) is 3.21. The monoisotopic (exact) mass is 488 g/mol. The standard InChI is InChI=1S/C23H25N2O8P/c1-16-3-2-4-19(11-16)21(12-23(26)27)24(14-20-9-10-22(33-20)25(28)29)13-17-5-7-18(8-6-17)15-34(30,31)32/h2-11,21H,12-15H2,1H3,(H,26,27)(H2,30,31,32).